The number of rotatable bonds is 6. The molecular weight excluding hydrogens is 494 g/mol. The summed E-state index contributed by atoms with van der Waals surface area (Å²) in [6, 6.07) is 16.9. The summed E-state index contributed by atoms with van der Waals surface area (Å²) in [6.45, 7) is 0.667. The Morgan fingerprint density at radius 1 is 0.857 bits per heavy atom. The number of benzene rings is 2. The maximum absolute atomic E-state index is 13.4. The molecule has 1 fully saturated rings. The summed E-state index contributed by atoms with van der Waals surface area (Å²) >= 11 is 5.88. The Morgan fingerprint density at radius 3 is 2.09 bits per heavy atom. The lowest BCUT2D eigenvalue weighted by Gasteiger charge is -2.36. The zero-order valence-corrected chi connectivity index (χ0v) is 20.0. The summed E-state index contributed by atoms with van der Waals surface area (Å²) in [5.74, 6) is -1.95. The van der Waals surface area contributed by atoms with Crippen LogP contribution in [0.3, 0.4) is 0 Å². The summed E-state index contributed by atoms with van der Waals surface area (Å²) in [4.78, 5) is 41.5. The first-order chi connectivity index (χ1) is 16.8. The molecule has 3 amide bonds. The lowest BCUT2D eigenvalue weighted by atomic mass is 10.2. The molecule has 1 aromatic heterocycles. The maximum atomic E-state index is 13.4. The van der Waals surface area contributed by atoms with Crippen LogP contribution in [0.2, 0.25) is 5.02 Å². The van der Waals surface area contributed by atoms with Gasteiger partial charge in [0.2, 0.25) is 15.2 Å². The Hall–Kier alpha value is -3.63. The number of sulfone groups is 1. The average molecular weight is 516 g/mol. The predicted molar refractivity (Wildman–Crippen MR) is 128 cm³/mol. The lowest BCUT2D eigenvalue weighted by Crippen LogP contribution is -2.57. The molecule has 1 saturated heterocycles. The van der Waals surface area contributed by atoms with Gasteiger partial charge < -0.3 is 19.5 Å². The van der Waals surface area contributed by atoms with Gasteiger partial charge in [0.25, 0.3) is 17.7 Å². The molecule has 0 unspecified atom stereocenters. The number of carbonyl (C=O) groups excluding carboxylic acids is 3. The molecule has 0 bridgehead atoms. The molecule has 9 nitrogen and oxygen atoms in total. The topological polar surface area (TPSA) is 117 Å². The zero-order chi connectivity index (χ0) is 25.0. The first-order valence-electron chi connectivity index (χ1n) is 10.7. The Bertz CT molecular complexity index is 1300. The fourth-order valence-electron chi connectivity index (χ4n) is 3.69. The van der Waals surface area contributed by atoms with Crippen molar-refractivity contribution in [3.05, 3.63) is 89.3 Å². The molecule has 0 spiro atoms. The normalized spacial score (nSPS) is 14.9. The molecule has 2 aromatic carbocycles. The number of amides is 3. The van der Waals surface area contributed by atoms with Crippen molar-refractivity contribution in [1.29, 1.82) is 0 Å². The van der Waals surface area contributed by atoms with Gasteiger partial charge in [-0.05, 0) is 48.5 Å². The van der Waals surface area contributed by atoms with E-state index in [1.807, 2.05) is 6.07 Å². The number of piperazine rings is 1. The van der Waals surface area contributed by atoms with E-state index in [1.54, 1.807) is 29.2 Å². The molecule has 1 atom stereocenters. The minimum Gasteiger partial charge on any atom is -0.459 e. The van der Waals surface area contributed by atoms with E-state index in [4.69, 9.17) is 16.0 Å². The molecule has 182 valence electrons. The third-order valence-electron chi connectivity index (χ3n) is 5.58. The molecular formula is C24H22ClN3O6S. The summed E-state index contributed by atoms with van der Waals surface area (Å²) in [7, 11) is -4.33. The summed E-state index contributed by atoms with van der Waals surface area (Å²) in [5, 5.41) is 0.738. The number of furan rings is 1. The zero-order valence-electron chi connectivity index (χ0n) is 18.5. The molecule has 4 rings (SSSR count). The molecule has 35 heavy (non-hydrogen) atoms. The van der Waals surface area contributed by atoms with Gasteiger partial charge in [0, 0.05) is 36.8 Å². The first-order valence-corrected chi connectivity index (χ1v) is 12.7. The van der Waals surface area contributed by atoms with Gasteiger partial charge in [0.05, 0.1) is 11.2 Å². The van der Waals surface area contributed by atoms with Crippen LogP contribution in [-0.4, -0.2) is 67.5 Å². The van der Waals surface area contributed by atoms with Gasteiger partial charge in [-0.2, -0.15) is 0 Å². The predicted octanol–water partition coefficient (Wildman–Crippen LogP) is 2.45. The van der Waals surface area contributed by atoms with E-state index in [2.05, 4.69) is 5.32 Å². The molecule has 0 radical (unpaired) electrons. The van der Waals surface area contributed by atoms with Crippen molar-refractivity contribution in [3.63, 3.8) is 0 Å². The van der Waals surface area contributed by atoms with Gasteiger partial charge in [-0.15, -0.1) is 0 Å². The molecule has 11 heteroatoms. The summed E-state index contributed by atoms with van der Waals surface area (Å²) < 4.78 is 31.8. The highest BCUT2D eigenvalue weighted by Crippen LogP contribution is 2.21. The molecule has 1 aliphatic heterocycles. The highest BCUT2D eigenvalue weighted by molar-refractivity contribution is 7.92. The van der Waals surface area contributed by atoms with Crippen LogP contribution in [0.1, 0.15) is 20.9 Å². The van der Waals surface area contributed by atoms with Crippen molar-refractivity contribution in [2.24, 2.45) is 0 Å². The van der Waals surface area contributed by atoms with Gasteiger partial charge >= 0.3 is 0 Å². The second-order valence-electron chi connectivity index (χ2n) is 7.81. The van der Waals surface area contributed by atoms with Crippen molar-refractivity contribution in [1.82, 2.24) is 15.1 Å². The number of nitrogens with one attached hydrogen (secondary N) is 1. The Labute approximate surface area is 207 Å². The second kappa shape index (κ2) is 10.3. The average Bonchev–Trinajstić information content (AvgIpc) is 3.42. The van der Waals surface area contributed by atoms with E-state index in [1.165, 1.54) is 47.6 Å². The maximum Gasteiger partial charge on any atom is 0.288 e. The van der Waals surface area contributed by atoms with Crippen molar-refractivity contribution >= 4 is 39.2 Å². The van der Waals surface area contributed by atoms with E-state index < -0.39 is 27.0 Å². The van der Waals surface area contributed by atoms with Crippen molar-refractivity contribution < 1.29 is 27.2 Å². The monoisotopic (exact) mass is 515 g/mol. The molecule has 1 N–H and O–H groups in total. The van der Waals surface area contributed by atoms with Crippen LogP contribution in [0.25, 0.3) is 0 Å². The van der Waals surface area contributed by atoms with Crippen LogP contribution >= 0.6 is 11.6 Å². The second-order valence-corrected chi connectivity index (χ2v) is 10.3. The molecule has 2 heterocycles. The number of carbonyl (C=O) groups is 3. The molecule has 0 aliphatic carbocycles. The third-order valence-corrected chi connectivity index (χ3v) is 7.70. The quantitative estimate of drug-likeness (QED) is 0.539. The van der Waals surface area contributed by atoms with Crippen molar-refractivity contribution in [2.75, 3.05) is 26.2 Å². The standard InChI is InChI=1S/C24H22ClN3O6S/c25-18-8-10-19(11-9-18)35(32,33)22(26-21(29)20-7-4-16-34-20)24(31)28-14-12-27(13-15-28)23(30)17-5-2-1-3-6-17/h1-11,16,22H,12-15H2,(H,26,29)/t22-/m0/s1. The van der Waals surface area contributed by atoms with Gasteiger partial charge in [0.1, 0.15) is 0 Å². The van der Waals surface area contributed by atoms with Crippen LogP contribution < -0.4 is 5.32 Å². The Morgan fingerprint density at radius 2 is 1.49 bits per heavy atom. The smallest absolute Gasteiger partial charge is 0.288 e. The fourth-order valence-corrected chi connectivity index (χ4v) is 5.28. The summed E-state index contributed by atoms with van der Waals surface area (Å²) in [6.07, 6.45) is 1.27. The number of hydrogen-bond acceptors (Lipinski definition) is 6. The molecule has 3 aromatic rings. The van der Waals surface area contributed by atoms with Crippen LogP contribution in [-0.2, 0) is 14.6 Å². The molecule has 1 aliphatic rings. The highest BCUT2D eigenvalue weighted by Gasteiger charge is 2.40. The van der Waals surface area contributed by atoms with E-state index in [9.17, 15) is 22.8 Å². The first kappa shape index (κ1) is 24.5. The minimum atomic E-state index is -4.33. The SMILES string of the molecule is O=C(N[C@H](C(=O)N1CCN(C(=O)c2ccccc2)CC1)S(=O)(=O)c1ccc(Cl)cc1)c1ccco1. The van der Waals surface area contributed by atoms with E-state index in [-0.39, 0.29) is 42.7 Å². The van der Waals surface area contributed by atoms with Crippen LogP contribution in [0.5, 0.6) is 0 Å². The van der Waals surface area contributed by atoms with Gasteiger partial charge in [0.15, 0.2) is 5.76 Å². The highest BCUT2D eigenvalue weighted by atomic mass is 35.5. The lowest BCUT2D eigenvalue weighted by molar-refractivity contribution is -0.132. The van der Waals surface area contributed by atoms with Crippen LogP contribution in [0.4, 0.5) is 0 Å². The van der Waals surface area contributed by atoms with Crippen molar-refractivity contribution in [3.8, 4) is 0 Å². The van der Waals surface area contributed by atoms with E-state index in [0.717, 1.165) is 0 Å². The van der Waals surface area contributed by atoms with Gasteiger partial charge in [-0.3, -0.25) is 14.4 Å². The summed E-state index contributed by atoms with van der Waals surface area (Å²) in [5.41, 5.74) is 0.529. The third kappa shape index (κ3) is 5.39. The van der Waals surface area contributed by atoms with E-state index >= 15 is 0 Å². The number of hydrogen-bond donors (Lipinski definition) is 1. The van der Waals surface area contributed by atoms with Gasteiger partial charge in [-0.25, -0.2) is 8.42 Å². The fraction of sp³-hybridized carbons (Fsp3) is 0.208. The van der Waals surface area contributed by atoms with Crippen LogP contribution in [0.15, 0.2) is 82.3 Å². The Balaban J connectivity index is 1.54. The Kier molecular flexibility index (Phi) is 7.23. The van der Waals surface area contributed by atoms with E-state index in [0.29, 0.717) is 10.6 Å². The minimum absolute atomic E-state index is 0.112. The molecule has 0 saturated carbocycles. The largest absolute Gasteiger partial charge is 0.459 e. The number of halogens is 1. The van der Waals surface area contributed by atoms with Gasteiger partial charge in [-0.1, -0.05) is 29.8 Å². The van der Waals surface area contributed by atoms with Crippen molar-refractivity contribution in [2.45, 2.75) is 10.3 Å². The van der Waals surface area contributed by atoms with Crippen LogP contribution in [0, 0.1) is 0 Å². The number of nitrogens with zero attached hydrogens (tertiary/aromatic N) is 2.